The first kappa shape index (κ1) is 27.5. The van der Waals surface area contributed by atoms with E-state index in [1.807, 2.05) is 0 Å². The highest BCUT2D eigenvalue weighted by Crippen LogP contribution is 2.32. The lowest BCUT2D eigenvalue weighted by Gasteiger charge is -2.28. The fourth-order valence-electron chi connectivity index (χ4n) is 4.22. The Kier molecular flexibility index (Phi) is 8.30. The van der Waals surface area contributed by atoms with Gasteiger partial charge in [0.25, 0.3) is 5.92 Å². The van der Waals surface area contributed by atoms with E-state index in [4.69, 9.17) is 9.47 Å². The maximum absolute atomic E-state index is 15.1. The summed E-state index contributed by atoms with van der Waals surface area (Å²) in [6, 6.07) is 13.7. The van der Waals surface area contributed by atoms with E-state index in [9.17, 15) is 22.4 Å². The van der Waals surface area contributed by atoms with Gasteiger partial charge in [0.1, 0.15) is 18.2 Å². The van der Waals surface area contributed by atoms with Gasteiger partial charge in [0.2, 0.25) is 0 Å². The molecule has 3 aromatic rings. The third kappa shape index (κ3) is 7.28. The van der Waals surface area contributed by atoms with Crippen LogP contribution in [0.1, 0.15) is 34.2 Å². The van der Waals surface area contributed by atoms with Crippen molar-refractivity contribution in [1.82, 2.24) is 4.90 Å². The van der Waals surface area contributed by atoms with E-state index in [0.717, 1.165) is 47.5 Å². The maximum atomic E-state index is 15.1. The number of carbonyl (C=O) groups is 1. The van der Waals surface area contributed by atoms with Gasteiger partial charge in [-0.25, -0.2) is 4.39 Å². The second-order valence-electron chi connectivity index (χ2n) is 9.09. The molecular formula is C28H25F6NO3. The molecule has 0 radical (unpaired) electrons. The summed E-state index contributed by atoms with van der Waals surface area (Å²) in [5, 5.41) is 0. The number of nitrogens with zero attached hydrogens (tertiary/aromatic N) is 1. The number of benzene rings is 3. The third-order valence-corrected chi connectivity index (χ3v) is 6.14. The van der Waals surface area contributed by atoms with Gasteiger partial charge in [-0.3, -0.25) is 9.69 Å². The molecular weight excluding hydrogens is 512 g/mol. The number of alkyl halides is 5. The number of hydrogen-bond acceptors (Lipinski definition) is 4. The van der Waals surface area contributed by atoms with Crippen molar-refractivity contribution in [1.29, 1.82) is 0 Å². The number of rotatable bonds is 10. The fourth-order valence-corrected chi connectivity index (χ4v) is 4.22. The second kappa shape index (κ2) is 11.5. The van der Waals surface area contributed by atoms with Crippen LogP contribution in [0.25, 0.3) is 0 Å². The summed E-state index contributed by atoms with van der Waals surface area (Å²) in [7, 11) is 0. The molecule has 0 aromatic heterocycles. The van der Waals surface area contributed by atoms with Crippen LogP contribution in [0.5, 0.6) is 5.75 Å². The Bertz CT molecular complexity index is 1260. The molecule has 1 heterocycles. The minimum absolute atomic E-state index is 0.101. The first-order valence-corrected chi connectivity index (χ1v) is 11.9. The fraction of sp³-hybridized carbons (Fsp3) is 0.321. The summed E-state index contributed by atoms with van der Waals surface area (Å²) in [4.78, 5) is 12.9. The zero-order chi connectivity index (χ0) is 27.3. The molecule has 0 fully saturated rings. The summed E-state index contributed by atoms with van der Waals surface area (Å²) < 4.78 is 93.6. The molecule has 0 atom stereocenters. The van der Waals surface area contributed by atoms with Crippen LogP contribution in [0.15, 0.2) is 66.7 Å². The lowest BCUT2D eigenvalue weighted by Crippen LogP contribution is -2.36. The highest BCUT2D eigenvalue weighted by atomic mass is 19.4. The Balaban J connectivity index is 1.43. The summed E-state index contributed by atoms with van der Waals surface area (Å²) in [5.41, 5.74) is 0.657. The molecule has 0 N–H and O–H groups in total. The molecule has 3 aromatic carbocycles. The molecule has 0 aliphatic carbocycles. The molecule has 0 saturated heterocycles. The van der Waals surface area contributed by atoms with E-state index >= 15 is 8.78 Å². The molecule has 4 rings (SSSR count). The zero-order valence-corrected chi connectivity index (χ0v) is 20.2. The van der Waals surface area contributed by atoms with Crippen LogP contribution in [0.2, 0.25) is 0 Å². The van der Waals surface area contributed by atoms with Crippen molar-refractivity contribution in [2.45, 2.75) is 38.1 Å². The van der Waals surface area contributed by atoms with Crippen LogP contribution in [-0.2, 0) is 41.2 Å². The Morgan fingerprint density at radius 1 is 0.895 bits per heavy atom. The van der Waals surface area contributed by atoms with Gasteiger partial charge in [-0.05, 0) is 53.4 Å². The normalized spacial score (nSPS) is 13.8. The van der Waals surface area contributed by atoms with Gasteiger partial charge in [-0.1, -0.05) is 36.4 Å². The lowest BCUT2D eigenvalue weighted by molar-refractivity contribution is -0.145. The highest BCUT2D eigenvalue weighted by Gasteiger charge is 2.34. The van der Waals surface area contributed by atoms with Crippen LogP contribution in [-0.4, -0.2) is 30.6 Å². The first-order valence-electron chi connectivity index (χ1n) is 11.9. The van der Waals surface area contributed by atoms with Crippen LogP contribution in [0.4, 0.5) is 26.3 Å². The minimum atomic E-state index is -4.56. The van der Waals surface area contributed by atoms with Crippen molar-refractivity contribution < 1.29 is 40.6 Å². The van der Waals surface area contributed by atoms with E-state index in [-0.39, 0.29) is 44.3 Å². The minimum Gasteiger partial charge on any atom is -0.494 e. The molecule has 202 valence electrons. The SMILES string of the molecule is O=C1Cc2cc(OCCCN(Cc3cccc(C(F)(F)F)c3)CC(F)(F)c3ccc(F)cc3)ccc2CO1. The smallest absolute Gasteiger partial charge is 0.416 e. The van der Waals surface area contributed by atoms with Crippen molar-refractivity contribution in [2.75, 3.05) is 19.7 Å². The quantitative estimate of drug-likeness (QED) is 0.168. The predicted octanol–water partition coefficient (Wildman–Crippen LogP) is 6.51. The molecule has 10 heteroatoms. The molecule has 1 aliphatic rings. The summed E-state index contributed by atoms with van der Waals surface area (Å²) >= 11 is 0. The Morgan fingerprint density at radius 2 is 1.66 bits per heavy atom. The maximum Gasteiger partial charge on any atom is 0.416 e. The molecule has 0 spiro atoms. The summed E-state index contributed by atoms with van der Waals surface area (Å²) in [6.07, 6.45) is -4.12. The lowest BCUT2D eigenvalue weighted by atomic mass is 10.0. The number of cyclic esters (lactones) is 1. The largest absolute Gasteiger partial charge is 0.494 e. The molecule has 4 nitrogen and oxygen atoms in total. The second-order valence-corrected chi connectivity index (χ2v) is 9.09. The number of ether oxygens (including phenoxy) is 2. The van der Waals surface area contributed by atoms with Gasteiger partial charge in [0.05, 0.1) is 25.1 Å². The first-order chi connectivity index (χ1) is 18.0. The summed E-state index contributed by atoms with van der Waals surface area (Å²) in [5.74, 6) is -3.84. The van der Waals surface area contributed by atoms with Crippen LogP contribution in [0, 0.1) is 5.82 Å². The average molecular weight is 538 g/mol. The Morgan fingerprint density at radius 3 is 2.39 bits per heavy atom. The van der Waals surface area contributed by atoms with Crippen molar-refractivity contribution in [2.24, 2.45) is 0 Å². The van der Waals surface area contributed by atoms with Crippen LogP contribution >= 0.6 is 0 Å². The Hall–Kier alpha value is -3.53. The Labute approximate surface area is 215 Å². The molecule has 38 heavy (non-hydrogen) atoms. The number of carbonyl (C=O) groups excluding carboxylic acids is 1. The zero-order valence-electron chi connectivity index (χ0n) is 20.2. The average Bonchev–Trinajstić information content (AvgIpc) is 2.86. The van der Waals surface area contributed by atoms with E-state index in [2.05, 4.69) is 0 Å². The monoisotopic (exact) mass is 537 g/mol. The van der Waals surface area contributed by atoms with Gasteiger partial charge < -0.3 is 9.47 Å². The van der Waals surface area contributed by atoms with Crippen molar-refractivity contribution in [3.8, 4) is 5.75 Å². The van der Waals surface area contributed by atoms with Crippen molar-refractivity contribution >= 4 is 5.97 Å². The van der Waals surface area contributed by atoms with Crippen LogP contribution < -0.4 is 4.74 Å². The number of halogens is 6. The summed E-state index contributed by atoms with van der Waals surface area (Å²) in [6.45, 7) is -0.479. The standard InChI is InChI=1S/C28H25F6NO3/c29-24-8-6-22(7-9-24)27(30,31)18-35(16-19-3-1-4-23(13-19)28(32,33)34)11-2-12-37-25-10-5-20-17-38-26(36)15-21(20)14-25/h1,3-10,13-14H,2,11-12,15-18H2. The number of esters is 1. The van der Waals surface area contributed by atoms with E-state index in [1.165, 1.54) is 17.0 Å². The molecule has 0 unspecified atom stereocenters. The van der Waals surface area contributed by atoms with E-state index in [0.29, 0.717) is 12.2 Å². The van der Waals surface area contributed by atoms with Crippen molar-refractivity contribution in [3.63, 3.8) is 0 Å². The topological polar surface area (TPSA) is 38.8 Å². The van der Waals surface area contributed by atoms with Gasteiger partial charge in [0, 0.05) is 18.7 Å². The van der Waals surface area contributed by atoms with E-state index < -0.39 is 35.6 Å². The van der Waals surface area contributed by atoms with Crippen molar-refractivity contribution in [3.05, 3.63) is 100 Å². The van der Waals surface area contributed by atoms with Crippen LogP contribution in [0.3, 0.4) is 0 Å². The number of fused-ring (bicyclic) bond motifs is 1. The van der Waals surface area contributed by atoms with Gasteiger partial charge in [-0.15, -0.1) is 0 Å². The third-order valence-electron chi connectivity index (χ3n) is 6.14. The number of hydrogen-bond donors (Lipinski definition) is 0. The molecule has 0 saturated carbocycles. The van der Waals surface area contributed by atoms with Gasteiger partial charge >= 0.3 is 12.1 Å². The highest BCUT2D eigenvalue weighted by molar-refractivity contribution is 5.74. The van der Waals surface area contributed by atoms with Gasteiger partial charge in [0.15, 0.2) is 0 Å². The molecule has 0 bridgehead atoms. The van der Waals surface area contributed by atoms with Gasteiger partial charge in [-0.2, -0.15) is 22.0 Å². The predicted molar refractivity (Wildman–Crippen MR) is 127 cm³/mol. The van der Waals surface area contributed by atoms with E-state index in [1.54, 1.807) is 18.2 Å². The molecule has 1 aliphatic heterocycles. The molecule has 0 amide bonds.